The van der Waals surface area contributed by atoms with Crippen molar-refractivity contribution in [2.75, 3.05) is 4.90 Å². The molecule has 0 aliphatic heterocycles. The van der Waals surface area contributed by atoms with Crippen molar-refractivity contribution in [2.45, 2.75) is 38.1 Å². The number of aromatic nitrogens is 1. The number of hydrogen-bond donors (Lipinski definition) is 0. The summed E-state index contributed by atoms with van der Waals surface area (Å²) in [6.07, 6.45) is 6.58. The number of nitrogens with zero attached hydrogens (tertiary/aromatic N) is 2. The normalized spacial score (nSPS) is 13.5. The maximum absolute atomic E-state index is 2.64. The van der Waals surface area contributed by atoms with E-state index in [9.17, 15) is 0 Å². The molecule has 0 spiro atoms. The standard InChI is InChI=1S/C48H40N2/c1-4-13-35(14-5-1)36-23-28-43(29-24-36)49(41-17-6-2-7-18-41)44-30-25-37(26-31-44)38-15-12-16-39(33-38)40-27-32-48-46(34-40)45-21-10-11-22-47(45)50(48)42-19-8-3-9-20-42/h1-2,4-7,10-18,21-34,42H,3,8-9,19-20H2. The first-order valence-corrected chi connectivity index (χ1v) is 18.0. The smallest absolute Gasteiger partial charge is 0.0494 e. The van der Waals surface area contributed by atoms with Gasteiger partial charge in [-0.3, -0.25) is 0 Å². The summed E-state index contributed by atoms with van der Waals surface area (Å²) in [7, 11) is 0. The van der Waals surface area contributed by atoms with Gasteiger partial charge in [-0.05, 0) is 107 Å². The van der Waals surface area contributed by atoms with Crippen molar-refractivity contribution < 1.29 is 0 Å². The van der Waals surface area contributed by atoms with Crippen molar-refractivity contribution in [3.63, 3.8) is 0 Å². The molecule has 1 fully saturated rings. The van der Waals surface area contributed by atoms with E-state index < -0.39 is 0 Å². The summed E-state index contributed by atoms with van der Waals surface area (Å²) in [5.74, 6) is 0. The van der Waals surface area contributed by atoms with Crippen molar-refractivity contribution in [3.05, 3.63) is 176 Å². The summed E-state index contributed by atoms with van der Waals surface area (Å²) < 4.78 is 2.64. The van der Waals surface area contributed by atoms with Gasteiger partial charge in [-0.25, -0.2) is 0 Å². The van der Waals surface area contributed by atoms with Gasteiger partial charge in [-0.2, -0.15) is 0 Å². The van der Waals surface area contributed by atoms with E-state index in [4.69, 9.17) is 0 Å². The van der Waals surface area contributed by atoms with Crippen molar-refractivity contribution in [1.82, 2.24) is 4.57 Å². The first-order valence-electron chi connectivity index (χ1n) is 18.0. The molecule has 2 nitrogen and oxygen atoms in total. The Morgan fingerprint density at radius 2 is 0.840 bits per heavy atom. The molecular weight excluding hydrogens is 605 g/mol. The average molecular weight is 645 g/mol. The minimum absolute atomic E-state index is 0.592. The number of rotatable bonds is 7. The van der Waals surface area contributed by atoms with Gasteiger partial charge in [0.15, 0.2) is 0 Å². The fraction of sp³-hybridized carbons (Fsp3) is 0.125. The van der Waals surface area contributed by atoms with Crippen LogP contribution in [0, 0.1) is 0 Å². The number of para-hydroxylation sites is 2. The van der Waals surface area contributed by atoms with E-state index in [0.717, 1.165) is 17.1 Å². The van der Waals surface area contributed by atoms with E-state index in [2.05, 4.69) is 185 Å². The Morgan fingerprint density at radius 3 is 1.54 bits per heavy atom. The van der Waals surface area contributed by atoms with Gasteiger partial charge in [0.25, 0.3) is 0 Å². The Morgan fingerprint density at radius 1 is 0.360 bits per heavy atom. The molecule has 50 heavy (non-hydrogen) atoms. The van der Waals surface area contributed by atoms with Crippen LogP contribution in [0.2, 0.25) is 0 Å². The Hall–Kier alpha value is -5.86. The molecular formula is C48H40N2. The van der Waals surface area contributed by atoms with Crippen molar-refractivity contribution in [1.29, 1.82) is 0 Å². The first kappa shape index (κ1) is 30.2. The van der Waals surface area contributed by atoms with Crippen LogP contribution < -0.4 is 4.90 Å². The van der Waals surface area contributed by atoms with E-state index >= 15 is 0 Å². The highest BCUT2D eigenvalue weighted by Gasteiger charge is 2.21. The van der Waals surface area contributed by atoms with Gasteiger partial charge in [0.1, 0.15) is 0 Å². The maximum Gasteiger partial charge on any atom is 0.0494 e. The lowest BCUT2D eigenvalue weighted by molar-refractivity contribution is 0.367. The van der Waals surface area contributed by atoms with Gasteiger partial charge in [0.2, 0.25) is 0 Å². The molecule has 0 amide bonds. The summed E-state index contributed by atoms with van der Waals surface area (Å²) >= 11 is 0. The fourth-order valence-electron chi connectivity index (χ4n) is 8.05. The second-order valence-corrected chi connectivity index (χ2v) is 13.6. The Labute approximate surface area is 294 Å². The molecule has 1 aliphatic carbocycles. The summed E-state index contributed by atoms with van der Waals surface area (Å²) in [5, 5.41) is 2.72. The fourth-order valence-corrected chi connectivity index (χ4v) is 8.05. The van der Waals surface area contributed by atoms with Crippen LogP contribution in [0.1, 0.15) is 38.1 Å². The summed E-state index contributed by atoms with van der Waals surface area (Å²) in [4.78, 5) is 2.33. The molecule has 1 aromatic heterocycles. The number of anilines is 3. The minimum Gasteiger partial charge on any atom is -0.337 e. The molecule has 1 aliphatic rings. The van der Waals surface area contributed by atoms with E-state index in [-0.39, 0.29) is 0 Å². The third kappa shape index (κ3) is 5.67. The molecule has 7 aromatic carbocycles. The van der Waals surface area contributed by atoms with Gasteiger partial charge in [-0.15, -0.1) is 0 Å². The van der Waals surface area contributed by atoms with Crippen LogP contribution >= 0.6 is 0 Å². The molecule has 0 N–H and O–H groups in total. The van der Waals surface area contributed by atoms with Crippen molar-refractivity contribution >= 4 is 38.9 Å². The summed E-state index contributed by atoms with van der Waals surface area (Å²) in [6, 6.07) is 64.7. The molecule has 0 radical (unpaired) electrons. The minimum atomic E-state index is 0.592. The largest absolute Gasteiger partial charge is 0.337 e. The first-order chi connectivity index (χ1) is 24.8. The lowest BCUT2D eigenvalue weighted by Crippen LogP contribution is -2.12. The average Bonchev–Trinajstić information content (AvgIpc) is 3.53. The highest BCUT2D eigenvalue weighted by atomic mass is 15.1. The molecule has 0 bridgehead atoms. The van der Waals surface area contributed by atoms with Gasteiger partial charge in [0.05, 0.1) is 0 Å². The second kappa shape index (κ2) is 13.2. The number of hydrogen-bond acceptors (Lipinski definition) is 1. The van der Waals surface area contributed by atoms with Crippen LogP contribution in [-0.4, -0.2) is 4.57 Å². The third-order valence-corrected chi connectivity index (χ3v) is 10.6. The predicted molar refractivity (Wildman–Crippen MR) is 213 cm³/mol. The third-order valence-electron chi connectivity index (χ3n) is 10.6. The maximum atomic E-state index is 2.64. The molecule has 0 saturated heterocycles. The van der Waals surface area contributed by atoms with Crippen molar-refractivity contribution in [2.24, 2.45) is 0 Å². The van der Waals surface area contributed by atoms with Crippen molar-refractivity contribution in [3.8, 4) is 33.4 Å². The van der Waals surface area contributed by atoms with E-state index in [1.54, 1.807) is 0 Å². The molecule has 242 valence electrons. The number of benzene rings is 7. The van der Waals surface area contributed by atoms with E-state index in [1.807, 2.05) is 0 Å². The lowest BCUT2D eigenvalue weighted by atomic mass is 9.95. The molecule has 1 saturated carbocycles. The second-order valence-electron chi connectivity index (χ2n) is 13.6. The molecule has 0 atom stereocenters. The van der Waals surface area contributed by atoms with Gasteiger partial charge in [-0.1, -0.05) is 135 Å². The Kier molecular flexibility index (Phi) is 7.99. The Balaban J connectivity index is 1.04. The molecule has 1 heterocycles. The summed E-state index contributed by atoms with van der Waals surface area (Å²) in [6.45, 7) is 0. The quantitative estimate of drug-likeness (QED) is 0.168. The van der Waals surface area contributed by atoms with Crippen LogP contribution in [-0.2, 0) is 0 Å². The van der Waals surface area contributed by atoms with E-state index in [0.29, 0.717) is 6.04 Å². The van der Waals surface area contributed by atoms with Crippen LogP contribution in [0.25, 0.3) is 55.2 Å². The van der Waals surface area contributed by atoms with E-state index in [1.165, 1.54) is 87.3 Å². The Bertz CT molecular complexity index is 2380. The zero-order valence-electron chi connectivity index (χ0n) is 28.3. The topological polar surface area (TPSA) is 8.17 Å². The zero-order chi connectivity index (χ0) is 33.3. The van der Waals surface area contributed by atoms with Gasteiger partial charge in [0, 0.05) is 44.9 Å². The SMILES string of the molecule is c1ccc(-c2ccc(N(c3ccccc3)c3ccc(-c4cccc(-c5ccc6c(c5)c5ccccc5n6C5CCCCC5)c4)cc3)cc2)cc1. The van der Waals surface area contributed by atoms with Crippen LogP contribution in [0.5, 0.6) is 0 Å². The lowest BCUT2D eigenvalue weighted by Gasteiger charge is -2.26. The molecule has 2 heteroatoms. The highest BCUT2D eigenvalue weighted by molar-refractivity contribution is 6.09. The molecule has 8 aromatic rings. The molecule has 0 unspecified atom stereocenters. The van der Waals surface area contributed by atoms with Gasteiger partial charge < -0.3 is 9.47 Å². The summed E-state index contributed by atoms with van der Waals surface area (Å²) in [5.41, 5.74) is 13.5. The zero-order valence-corrected chi connectivity index (χ0v) is 28.3. The van der Waals surface area contributed by atoms with Crippen LogP contribution in [0.4, 0.5) is 17.1 Å². The van der Waals surface area contributed by atoms with Crippen LogP contribution in [0.3, 0.4) is 0 Å². The van der Waals surface area contributed by atoms with Crippen LogP contribution in [0.15, 0.2) is 176 Å². The highest BCUT2D eigenvalue weighted by Crippen LogP contribution is 2.40. The monoisotopic (exact) mass is 644 g/mol. The number of fused-ring (bicyclic) bond motifs is 3. The van der Waals surface area contributed by atoms with Gasteiger partial charge >= 0.3 is 0 Å². The molecule has 9 rings (SSSR count). The predicted octanol–water partition coefficient (Wildman–Crippen LogP) is 13.8.